The monoisotopic (exact) mass is 382 g/mol. The molecule has 2 rings (SSSR count). The highest BCUT2D eigenvalue weighted by atomic mass is 16.5. The lowest BCUT2D eigenvalue weighted by Crippen LogP contribution is -2.31. The van der Waals surface area contributed by atoms with E-state index in [1.165, 1.54) is 7.11 Å². The van der Waals surface area contributed by atoms with Gasteiger partial charge in [-0.05, 0) is 38.5 Å². The third kappa shape index (κ3) is 7.43. The number of hydrogen-bond acceptors (Lipinski definition) is 5. The second-order valence-corrected chi connectivity index (χ2v) is 8.35. The van der Waals surface area contributed by atoms with Gasteiger partial charge in [-0.3, -0.25) is 19.2 Å². The van der Waals surface area contributed by atoms with Crippen LogP contribution < -0.4 is 0 Å². The minimum atomic E-state index is -0.806. The number of ether oxygens (including phenoxy) is 1. The van der Waals surface area contributed by atoms with Crippen LogP contribution >= 0.6 is 0 Å². The molecule has 0 spiro atoms. The third-order valence-corrected chi connectivity index (χ3v) is 6.11. The fraction of sp³-hybridized carbons (Fsp3) is 0.810. The van der Waals surface area contributed by atoms with Crippen LogP contribution in [0.3, 0.4) is 0 Å². The van der Waals surface area contributed by atoms with Gasteiger partial charge in [0.05, 0.1) is 7.11 Å². The highest BCUT2D eigenvalue weighted by Crippen LogP contribution is 2.37. The van der Waals surface area contributed by atoms with Crippen molar-refractivity contribution in [3.63, 3.8) is 0 Å². The molecule has 0 aromatic rings. The second kappa shape index (κ2) is 10.6. The van der Waals surface area contributed by atoms with Crippen LogP contribution in [-0.4, -0.2) is 35.7 Å². The van der Waals surface area contributed by atoms with Crippen LogP contribution in [0.1, 0.15) is 90.9 Å². The van der Waals surface area contributed by atoms with Crippen LogP contribution in [0.5, 0.6) is 0 Å². The lowest BCUT2D eigenvalue weighted by atomic mass is 9.72. The molecule has 6 heteroatoms. The van der Waals surface area contributed by atoms with Gasteiger partial charge in [0.15, 0.2) is 0 Å². The minimum absolute atomic E-state index is 0.113. The summed E-state index contributed by atoms with van der Waals surface area (Å²) in [6.07, 6.45) is 8.84. The average Bonchev–Trinajstić information content (AvgIpc) is 2.64. The van der Waals surface area contributed by atoms with Crippen molar-refractivity contribution in [2.75, 3.05) is 7.11 Å². The molecule has 0 aliphatic heterocycles. The highest BCUT2D eigenvalue weighted by molar-refractivity contribution is 5.86. The summed E-state index contributed by atoms with van der Waals surface area (Å²) in [5.41, 5.74) is -0.622. The van der Waals surface area contributed by atoms with Gasteiger partial charge in [0.2, 0.25) is 0 Å². The summed E-state index contributed by atoms with van der Waals surface area (Å²) >= 11 is 0. The summed E-state index contributed by atoms with van der Waals surface area (Å²) in [4.78, 5) is 44.5. The lowest BCUT2D eigenvalue weighted by Gasteiger charge is -2.31. The topological polar surface area (TPSA) is 97.7 Å². The Morgan fingerprint density at radius 1 is 0.889 bits per heavy atom. The summed E-state index contributed by atoms with van der Waals surface area (Å²) in [5, 5.41) is 8.53. The van der Waals surface area contributed by atoms with Crippen LogP contribution in [0.15, 0.2) is 0 Å². The first kappa shape index (κ1) is 23.3. The predicted octanol–water partition coefficient (Wildman–Crippen LogP) is 4.09. The number of Topliss-reactive ketones (excluding diaryl/α,β-unsaturated/α-hetero) is 2. The van der Waals surface area contributed by atoms with Crippen molar-refractivity contribution in [1.29, 1.82) is 0 Å². The van der Waals surface area contributed by atoms with Crippen molar-refractivity contribution in [1.82, 2.24) is 0 Å². The van der Waals surface area contributed by atoms with E-state index in [0.717, 1.165) is 38.5 Å². The molecule has 0 saturated heterocycles. The van der Waals surface area contributed by atoms with Gasteiger partial charge in [-0.15, -0.1) is 0 Å². The van der Waals surface area contributed by atoms with E-state index in [9.17, 15) is 19.2 Å². The normalized spacial score (nSPS) is 28.1. The smallest absolute Gasteiger partial charge is 0.305 e. The molecule has 0 aromatic heterocycles. The Labute approximate surface area is 162 Å². The summed E-state index contributed by atoms with van der Waals surface area (Å²) < 4.78 is 4.57. The standard InChI is InChI=1S/C11H18O3.C10H16O3/c1-11(8-6-10(13)14-2)7-4-3-5-9(11)12;1-10(7-5-9(12)13)6-3-2-4-8(10)11/h3-8H2,1-2H3;2-7H2,1H3,(H,12,13). The van der Waals surface area contributed by atoms with Gasteiger partial charge >= 0.3 is 11.9 Å². The molecular weight excluding hydrogens is 348 g/mol. The molecule has 6 nitrogen and oxygen atoms in total. The van der Waals surface area contributed by atoms with Crippen molar-refractivity contribution in [2.24, 2.45) is 10.8 Å². The maximum atomic E-state index is 11.7. The van der Waals surface area contributed by atoms with Gasteiger partial charge < -0.3 is 9.84 Å². The van der Waals surface area contributed by atoms with E-state index in [2.05, 4.69) is 4.74 Å². The molecule has 0 radical (unpaired) electrons. The minimum Gasteiger partial charge on any atom is -0.481 e. The maximum absolute atomic E-state index is 11.7. The lowest BCUT2D eigenvalue weighted by molar-refractivity contribution is -0.142. The molecule has 0 heterocycles. The van der Waals surface area contributed by atoms with Crippen molar-refractivity contribution in [3.05, 3.63) is 0 Å². The molecule has 154 valence electrons. The zero-order valence-corrected chi connectivity index (χ0v) is 17.0. The van der Waals surface area contributed by atoms with Crippen molar-refractivity contribution in [3.8, 4) is 0 Å². The Balaban J connectivity index is 0.000000271. The van der Waals surface area contributed by atoms with E-state index < -0.39 is 5.97 Å². The van der Waals surface area contributed by atoms with Gasteiger partial charge in [0, 0.05) is 36.5 Å². The van der Waals surface area contributed by atoms with E-state index in [1.807, 2.05) is 13.8 Å². The van der Waals surface area contributed by atoms with E-state index in [4.69, 9.17) is 5.11 Å². The molecule has 2 aliphatic rings. The summed E-state index contributed by atoms with van der Waals surface area (Å²) in [6.45, 7) is 3.87. The first-order valence-corrected chi connectivity index (χ1v) is 9.98. The van der Waals surface area contributed by atoms with E-state index >= 15 is 0 Å². The van der Waals surface area contributed by atoms with Crippen LogP contribution in [-0.2, 0) is 23.9 Å². The largest absolute Gasteiger partial charge is 0.481 e. The van der Waals surface area contributed by atoms with Crippen LogP contribution in [0.25, 0.3) is 0 Å². The molecule has 1 N–H and O–H groups in total. The van der Waals surface area contributed by atoms with Crippen molar-refractivity contribution in [2.45, 2.75) is 90.9 Å². The number of rotatable bonds is 6. The van der Waals surface area contributed by atoms with E-state index in [0.29, 0.717) is 37.9 Å². The third-order valence-electron chi connectivity index (χ3n) is 6.11. The number of carbonyl (C=O) groups excluding carboxylic acids is 3. The Morgan fingerprint density at radius 3 is 1.70 bits per heavy atom. The Morgan fingerprint density at radius 2 is 1.33 bits per heavy atom. The zero-order chi connectivity index (χ0) is 20.5. The quantitative estimate of drug-likeness (QED) is 0.695. The first-order valence-electron chi connectivity index (χ1n) is 9.98. The van der Waals surface area contributed by atoms with Gasteiger partial charge in [-0.25, -0.2) is 0 Å². The number of ketones is 2. The predicted molar refractivity (Wildman–Crippen MR) is 101 cm³/mol. The maximum Gasteiger partial charge on any atom is 0.305 e. The fourth-order valence-corrected chi connectivity index (χ4v) is 3.88. The Hall–Kier alpha value is -1.72. The number of aliphatic carboxylic acids is 1. The number of hydrogen-bond donors (Lipinski definition) is 1. The zero-order valence-electron chi connectivity index (χ0n) is 17.0. The molecule has 2 aliphatic carbocycles. The summed E-state index contributed by atoms with van der Waals surface area (Å²) in [7, 11) is 1.38. The van der Waals surface area contributed by atoms with E-state index in [1.54, 1.807) is 0 Å². The molecular formula is C21H34O6. The SMILES string of the molecule is CC1(CCC(=O)O)CCCCC1=O.COC(=O)CCC1(C)CCCCC1=O. The van der Waals surface area contributed by atoms with Gasteiger partial charge in [0.25, 0.3) is 0 Å². The number of methoxy groups -OCH3 is 1. The fourth-order valence-electron chi connectivity index (χ4n) is 3.88. The van der Waals surface area contributed by atoms with Gasteiger partial charge in [-0.1, -0.05) is 26.7 Å². The molecule has 2 atom stereocenters. The average molecular weight is 382 g/mol. The number of carboxylic acids is 1. The molecule has 0 aromatic carbocycles. The Kier molecular flexibility index (Phi) is 9.13. The van der Waals surface area contributed by atoms with Gasteiger partial charge in [-0.2, -0.15) is 0 Å². The summed E-state index contributed by atoms with van der Waals surface area (Å²) in [5.74, 6) is -0.461. The molecule has 2 saturated carbocycles. The number of carboxylic acid groups (broad SMARTS) is 1. The van der Waals surface area contributed by atoms with Crippen LogP contribution in [0.2, 0.25) is 0 Å². The van der Waals surface area contributed by atoms with Crippen molar-refractivity contribution < 1.29 is 29.0 Å². The van der Waals surface area contributed by atoms with Gasteiger partial charge in [0.1, 0.15) is 11.6 Å². The Bertz CT molecular complexity index is 555. The molecule has 2 fully saturated rings. The first-order chi connectivity index (χ1) is 12.6. The molecule has 2 unspecified atom stereocenters. The van der Waals surface area contributed by atoms with Crippen LogP contribution in [0, 0.1) is 10.8 Å². The molecule has 27 heavy (non-hydrogen) atoms. The summed E-state index contributed by atoms with van der Waals surface area (Å²) in [6, 6.07) is 0. The van der Waals surface area contributed by atoms with E-state index in [-0.39, 0.29) is 29.0 Å². The highest BCUT2D eigenvalue weighted by Gasteiger charge is 2.35. The second-order valence-electron chi connectivity index (χ2n) is 8.35. The molecule has 0 bridgehead atoms. The number of esters is 1. The van der Waals surface area contributed by atoms with Crippen LogP contribution in [0.4, 0.5) is 0 Å². The molecule has 0 amide bonds. The number of carbonyl (C=O) groups is 4. The van der Waals surface area contributed by atoms with Crippen molar-refractivity contribution >= 4 is 23.5 Å².